The van der Waals surface area contributed by atoms with E-state index in [2.05, 4.69) is 24.3 Å². The number of nitrogens with zero attached hydrogens (tertiary/aromatic N) is 2. The van der Waals surface area contributed by atoms with Gasteiger partial charge >= 0.3 is 0 Å². The van der Waals surface area contributed by atoms with E-state index < -0.39 is 0 Å². The molecule has 4 aromatic carbocycles. The van der Waals surface area contributed by atoms with Gasteiger partial charge < -0.3 is 28.4 Å². The summed E-state index contributed by atoms with van der Waals surface area (Å²) >= 11 is 0. The number of carbonyl (C=O) groups is 1. The van der Waals surface area contributed by atoms with Gasteiger partial charge in [0.05, 0.1) is 48.8 Å². The van der Waals surface area contributed by atoms with E-state index in [1.807, 2.05) is 60.7 Å². The maximum Gasteiger partial charge on any atom is 0.150 e. The summed E-state index contributed by atoms with van der Waals surface area (Å²) < 4.78 is 34.8. The lowest BCUT2D eigenvalue weighted by atomic mass is 10.1. The molecular formula is C39H34N2O7. The Morgan fingerprint density at radius 3 is 1.25 bits per heavy atom. The second kappa shape index (κ2) is 14.9. The molecule has 2 aromatic heterocycles. The normalized spacial score (nSPS) is 14.6. The number of rotatable bonds is 1. The number of ether oxygens (including phenoxy) is 6. The summed E-state index contributed by atoms with van der Waals surface area (Å²) in [6.07, 6.45) is 0.761. The molecule has 5 heterocycles. The van der Waals surface area contributed by atoms with Crippen molar-refractivity contribution in [3.63, 3.8) is 0 Å². The molecule has 0 spiro atoms. The number of fused-ring (bicyclic) bond motifs is 2. The van der Waals surface area contributed by atoms with Gasteiger partial charge in [0.25, 0.3) is 0 Å². The van der Waals surface area contributed by atoms with Crippen molar-refractivity contribution < 1.29 is 33.2 Å². The summed E-state index contributed by atoms with van der Waals surface area (Å²) in [5.41, 5.74) is 5.84. The van der Waals surface area contributed by atoms with Gasteiger partial charge in [0, 0.05) is 33.5 Å². The minimum Gasteiger partial charge on any atom is -0.491 e. The molecule has 0 aliphatic carbocycles. The summed E-state index contributed by atoms with van der Waals surface area (Å²) in [6.45, 7) is 2.94. The molecule has 0 saturated carbocycles. The Balaban J connectivity index is 1.11. The van der Waals surface area contributed by atoms with Gasteiger partial charge in [0.1, 0.15) is 55.7 Å². The Morgan fingerprint density at radius 2 is 0.833 bits per heavy atom. The second-order valence-electron chi connectivity index (χ2n) is 11.1. The lowest BCUT2D eigenvalue weighted by molar-refractivity contribution is 0.0746. The van der Waals surface area contributed by atoms with Crippen molar-refractivity contribution in [3.8, 4) is 45.5 Å². The average molecular weight is 643 g/mol. The molecule has 3 aliphatic heterocycles. The number of aromatic nitrogens is 2. The third-order valence-corrected chi connectivity index (χ3v) is 7.84. The quantitative estimate of drug-likeness (QED) is 0.136. The first-order valence-corrected chi connectivity index (χ1v) is 15.9. The summed E-state index contributed by atoms with van der Waals surface area (Å²) in [5, 5.41) is 2.05. The lowest BCUT2D eigenvalue weighted by Crippen LogP contribution is -2.13. The standard InChI is InChI=1S/C39H34N2O7/c42-26-27-23-34-25-35(24-27)48-22-18-44-16-20-46-33-11-5-29(6-12-33)37-14-8-31-2-1-30-7-13-36(40-38(30)39(31)41-37)28-3-9-32(10-4-28)45-19-15-43-17-21-47-34/h1-14,23-26H,15-22H2. The molecule has 0 atom stereocenters. The highest BCUT2D eigenvalue weighted by Crippen LogP contribution is 2.30. The Bertz CT molecular complexity index is 1870. The van der Waals surface area contributed by atoms with Crippen LogP contribution in [0.25, 0.3) is 44.3 Å². The fraction of sp³-hybridized carbons (Fsp3) is 0.205. The number of hydrogen-bond donors (Lipinski definition) is 0. The van der Waals surface area contributed by atoms with Crippen LogP contribution < -0.4 is 18.9 Å². The fourth-order valence-corrected chi connectivity index (χ4v) is 5.44. The summed E-state index contributed by atoms with van der Waals surface area (Å²) in [4.78, 5) is 21.6. The molecule has 0 N–H and O–H groups in total. The third kappa shape index (κ3) is 7.54. The number of aldehydes is 1. The Kier molecular flexibility index (Phi) is 9.68. The molecule has 6 aromatic rings. The maximum absolute atomic E-state index is 11.5. The number of benzene rings is 4. The van der Waals surface area contributed by atoms with E-state index in [9.17, 15) is 4.79 Å². The third-order valence-electron chi connectivity index (χ3n) is 7.84. The fourth-order valence-electron chi connectivity index (χ4n) is 5.44. The van der Waals surface area contributed by atoms with Crippen molar-refractivity contribution in [2.24, 2.45) is 0 Å². The van der Waals surface area contributed by atoms with Gasteiger partial charge in [0.15, 0.2) is 0 Å². The smallest absolute Gasteiger partial charge is 0.150 e. The first-order valence-electron chi connectivity index (χ1n) is 15.9. The molecule has 0 fully saturated rings. The minimum absolute atomic E-state index is 0.313. The van der Waals surface area contributed by atoms with Crippen LogP contribution in [-0.2, 0) is 9.47 Å². The number of pyridine rings is 2. The van der Waals surface area contributed by atoms with Crippen molar-refractivity contribution in [1.82, 2.24) is 9.97 Å². The van der Waals surface area contributed by atoms with Crippen LogP contribution in [0.5, 0.6) is 23.0 Å². The summed E-state index contributed by atoms with van der Waals surface area (Å²) in [6, 6.07) is 33.2. The molecule has 9 heteroatoms. The van der Waals surface area contributed by atoms with Crippen LogP contribution in [0.4, 0.5) is 0 Å². The van der Waals surface area contributed by atoms with E-state index in [0.29, 0.717) is 69.9 Å². The summed E-state index contributed by atoms with van der Waals surface area (Å²) in [7, 11) is 0. The molecule has 0 saturated heterocycles. The van der Waals surface area contributed by atoms with Gasteiger partial charge in [0.2, 0.25) is 0 Å². The lowest BCUT2D eigenvalue weighted by Gasteiger charge is -2.12. The number of hydrogen-bond acceptors (Lipinski definition) is 9. The first kappa shape index (κ1) is 31.1. The van der Waals surface area contributed by atoms with Gasteiger partial charge in [-0.2, -0.15) is 0 Å². The SMILES string of the molecule is O=Cc1cc2cc(c1)OCCOCCOc1ccc(cc1)-c1ccc3ccc4ccc(nc4c3n1)-c1ccc(cc1)OCCOCCO2. The minimum atomic E-state index is 0.313. The molecule has 48 heavy (non-hydrogen) atoms. The largest absolute Gasteiger partial charge is 0.491 e. The molecule has 9 rings (SSSR count). The van der Waals surface area contributed by atoms with Crippen molar-refractivity contribution >= 4 is 28.1 Å². The highest BCUT2D eigenvalue weighted by atomic mass is 16.6. The van der Waals surface area contributed by atoms with Gasteiger partial charge in [-0.1, -0.05) is 24.3 Å². The highest BCUT2D eigenvalue weighted by molar-refractivity contribution is 6.04. The zero-order chi connectivity index (χ0) is 32.5. The van der Waals surface area contributed by atoms with Crippen LogP contribution >= 0.6 is 0 Å². The Morgan fingerprint density at radius 1 is 0.438 bits per heavy atom. The zero-order valence-corrected chi connectivity index (χ0v) is 26.3. The van der Waals surface area contributed by atoms with Crippen LogP contribution in [0.1, 0.15) is 10.4 Å². The predicted molar refractivity (Wildman–Crippen MR) is 183 cm³/mol. The molecule has 9 nitrogen and oxygen atoms in total. The Hall–Kier alpha value is -5.51. The molecule has 10 bridgehead atoms. The van der Waals surface area contributed by atoms with Crippen LogP contribution in [0.2, 0.25) is 0 Å². The van der Waals surface area contributed by atoms with E-state index in [1.165, 1.54) is 0 Å². The topological polar surface area (TPSA) is 98.2 Å². The van der Waals surface area contributed by atoms with Crippen molar-refractivity contribution in [3.05, 3.63) is 109 Å². The monoisotopic (exact) mass is 642 g/mol. The van der Waals surface area contributed by atoms with Gasteiger partial charge in [-0.25, -0.2) is 9.97 Å². The molecule has 0 radical (unpaired) electrons. The van der Waals surface area contributed by atoms with E-state index in [-0.39, 0.29) is 0 Å². The summed E-state index contributed by atoms with van der Waals surface area (Å²) in [5.74, 6) is 2.54. The second-order valence-corrected chi connectivity index (χ2v) is 11.1. The average Bonchev–Trinajstić information content (AvgIpc) is 3.13. The van der Waals surface area contributed by atoms with E-state index in [4.69, 9.17) is 38.4 Å². The van der Waals surface area contributed by atoms with Gasteiger partial charge in [-0.05, 0) is 72.8 Å². The van der Waals surface area contributed by atoms with Crippen LogP contribution in [0.15, 0.2) is 103 Å². The van der Waals surface area contributed by atoms with Crippen molar-refractivity contribution in [2.45, 2.75) is 0 Å². The highest BCUT2D eigenvalue weighted by Gasteiger charge is 2.10. The molecule has 242 valence electrons. The van der Waals surface area contributed by atoms with Crippen LogP contribution in [-0.4, -0.2) is 69.1 Å². The van der Waals surface area contributed by atoms with Crippen molar-refractivity contribution in [2.75, 3.05) is 52.9 Å². The van der Waals surface area contributed by atoms with Crippen molar-refractivity contribution in [1.29, 1.82) is 0 Å². The maximum atomic E-state index is 11.5. The van der Waals surface area contributed by atoms with E-state index in [0.717, 1.165) is 62.1 Å². The van der Waals surface area contributed by atoms with Gasteiger partial charge in [-0.3, -0.25) is 4.79 Å². The number of carbonyl (C=O) groups excluding carboxylic acids is 1. The van der Waals surface area contributed by atoms with E-state index in [1.54, 1.807) is 18.2 Å². The van der Waals surface area contributed by atoms with Crippen LogP contribution in [0, 0.1) is 0 Å². The molecule has 0 amide bonds. The molecular weight excluding hydrogens is 608 g/mol. The molecule has 3 aliphatic rings. The predicted octanol–water partition coefficient (Wildman–Crippen LogP) is 7.19. The van der Waals surface area contributed by atoms with Crippen LogP contribution in [0.3, 0.4) is 0 Å². The molecule has 0 unspecified atom stereocenters. The Labute approximate surface area is 278 Å². The van der Waals surface area contributed by atoms with Gasteiger partial charge in [-0.15, -0.1) is 0 Å². The zero-order valence-electron chi connectivity index (χ0n) is 26.3. The van der Waals surface area contributed by atoms with E-state index >= 15 is 0 Å². The first-order chi connectivity index (χ1) is 23.7.